The molecule has 0 saturated heterocycles. The van der Waals surface area contributed by atoms with Crippen LogP contribution in [0.15, 0.2) is 54.6 Å². The van der Waals surface area contributed by atoms with Gasteiger partial charge in [-0.05, 0) is 23.8 Å². The molecule has 0 spiro atoms. The van der Waals surface area contributed by atoms with Gasteiger partial charge in [-0.3, -0.25) is 4.79 Å². The van der Waals surface area contributed by atoms with E-state index in [9.17, 15) is 18.0 Å². The van der Waals surface area contributed by atoms with Gasteiger partial charge >= 0.3 is 6.18 Å². The smallest absolute Gasteiger partial charge is 0.315 e. The van der Waals surface area contributed by atoms with Crippen molar-refractivity contribution in [1.82, 2.24) is 0 Å². The summed E-state index contributed by atoms with van der Waals surface area (Å²) in [6.07, 6.45) is -4.75. The Morgan fingerprint density at radius 2 is 1.57 bits per heavy atom. The highest BCUT2D eigenvalue weighted by Crippen LogP contribution is 2.32. The minimum absolute atomic E-state index is 0.0159. The molecule has 0 aliphatic heterocycles. The molecule has 0 aliphatic carbocycles. The van der Waals surface area contributed by atoms with Crippen LogP contribution < -0.4 is 4.90 Å². The van der Waals surface area contributed by atoms with Crippen LogP contribution in [-0.2, 0) is 17.4 Å². The van der Waals surface area contributed by atoms with Gasteiger partial charge in [0.2, 0.25) is 5.91 Å². The summed E-state index contributed by atoms with van der Waals surface area (Å²) in [5, 5.41) is 0. The number of alkyl halides is 3. The van der Waals surface area contributed by atoms with Crippen LogP contribution in [0.4, 0.5) is 18.9 Å². The number of hydrogen-bond donors (Lipinski definition) is 0. The Kier molecular flexibility index (Phi) is 4.31. The summed E-state index contributed by atoms with van der Waals surface area (Å²) in [6, 6.07) is 13.9. The Balaban J connectivity index is 2.21. The summed E-state index contributed by atoms with van der Waals surface area (Å²) in [5.41, 5.74) is -0.135. The van der Waals surface area contributed by atoms with Crippen molar-refractivity contribution in [2.24, 2.45) is 0 Å². The second-order valence-electron chi connectivity index (χ2n) is 4.62. The van der Waals surface area contributed by atoms with Crippen LogP contribution in [-0.4, -0.2) is 13.0 Å². The highest BCUT2D eigenvalue weighted by molar-refractivity contribution is 5.94. The van der Waals surface area contributed by atoms with Crippen molar-refractivity contribution in [2.75, 3.05) is 11.9 Å². The van der Waals surface area contributed by atoms with E-state index in [0.29, 0.717) is 5.69 Å². The fourth-order valence-electron chi connectivity index (χ4n) is 2.03. The lowest BCUT2D eigenvalue weighted by molar-refractivity contribution is -0.138. The van der Waals surface area contributed by atoms with Gasteiger partial charge in [0.1, 0.15) is 0 Å². The van der Waals surface area contributed by atoms with Gasteiger partial charge in [-0.15, -0.1) is 0 Å². The average Bonchev–Trinajstić information content (AvgIpc) is 2.47. The summed E-state index contributed by atoms with van der Waals surface area (Å²) in [7, 11) is 1.55. The first kappa shape index (κ1) is 15.1. The maximum Gasteiger partial charge on any atom is 0.416 e. The van der Waals surface area contributed by atoms with Gasteiger partial charge < -0.3 is 4.90 Å². The van der Waals surface area contributed by atoms with E-state index in [1.807, 2.05) is 0 Å². The van der Waals surface area contributed by atoms with Crippen molar-refractivity contribution in [3.63, 3.8) is 0 Å². The van der Waals surface area contributed by atoms with E-state index in [-0.39, 0.29) is 12.0 Å². The molecule has 0 aromatic heterocycles. The monoisotopic (exact) mass is 293 g/mol. The molecule has 0 aliphatic rings. The van der Waals surface area contributed by atoms with Gasteiger partial charge in [-0.1, -0.05) is 36.4 Å². The topological polar surface area (TPSA) is 20.3 Å². The van der Waals surface area contributed by atoms with E-state index >= 15 is 0 Å². The Morgan fingerprint density at radius 1 is 1.00 bits per heavy atom. The fraction of sp³-hybridized carbons (Fsp3) is 0.188. The third-order valence-electron chi connectivity index (χ3n) is 3.18. The lowest BCUT2D eigenvalue weighted by atomic mass is 10.0. The molecule has 2 aromatic rings. The fourth-order valence-corrected chi connectivity index (χ4v) is 2.03. The molecule has 0 radical (unpaired) electrons. The van der Waals surface area contributed by atoms with Gasteiger partial charge in [-0.2, -0.15) is 13.2 Å². The van der Waals surface area contributed by atoms with Crippen molar-refractivity contribution in [2.45, 2.75) is 12.6 Å². The second kappa shape index (κ2) is 5.99. The molecule has 0 heterocycles. The van der Waals surface area contributed by atoms with E-state index in [1.165, 1.54) is 23.1 Å². The number of hydrogen-bond acceptors (Lipinski definition) is 1. The lowest BCUT2D eigenvalue weighted by Crippen LogP contribution is -2.28. The van der Waals surface area contributed by atoms with E-state index in [2.05, 4.69) is 0 Å². The third-order valence-corrected chi connectivity index (χ3v) is 3.18. The SMILES string of the molecule is CN(C(=O)Cc1ccccc1C(F)(F)F)c1ccccc1. The molecular weight excluding hydrogens is 279 g/mol. The first-order chi connectivity index (χ1) is 9.89. The van der Waals surface area contributed by atoms with Crippen molar-refractivity contribution in [3.8, 4) is 0 Å². The minimum Gasteiger partial charge on any atom is -0.315 e. The molecule has 0 atom stereocenters. The number of halogens is 3. The molecule has 0 saturated carbocycles. The number of rotatable bonds is 3. The summed E-state index contributed by atoms with van der Waals surface area (Å²) >= 11 is 0. The van der Waals surface area contributed by atoms with Crippen molar-refractivity contribution in [3.05, 3.63) is 65.7 Å². The van der Waals surface area contributed by atoms with Crippen molar-refractivity contribution >= 4 is 11.6 Å². The zero-order chi connectivity index (χ0) is 15.5. The summed E-state index contributed by atoms with van der Waals surface area (Å²) in [4.78, 5) is 13.5. The van der Waals surface area contributed by atoms with E-state index in [0.717, 1.165) is 6.07 Å². The summed E-state index contributed by atoms with van der Waals surface area (Å²) in [6.45, 7) is 0. The van der Waals surface area contributed by atoms with Crippen LogP contribution in [0.1, 0.15) is 11.1 Å². The summed E-state index contributed by atoms with van der Waals surface area (Å²) in [5.74, 6) is -0.391. The van der Waals surface area contributed by atoms with Gasteiger partial charge in [0.25, 0.3) is 0 Å². The number of benzene rings is 2. The Morgan fingerprint density at radius 3 is 2.19 bits per heavy atom. The first-order valence-corrected chi connectivity index (χ1v) is 6.36. The summed E-state index contributed by atoms with van der Waals surface area (Å²) < 4.78 is 38.7. The molecule has 1 amide bonds. The maximum absolute atomic E-state index is 12.9. The highest BCUT2D eigenvalue weighted by Gasteiger charge is 2.33. The standard InChI is InChI=1S/C16H14F3NO/c1-20(13-8-3-2-4-9-13)15(21)11-12-7-5-6-10-14(12)16(17,18)19/h2-10H,11H2,1H3. The number of nitrogens with zero attached hydrogens (tertiary/aromatic N) is 1. The van der Waals surface area contributed by atoms with Crippen LogP contribution in [0, 0.1) is 0 Å². The zero-order valence-corrected chi connectivity index (χ0v) is 11.4. The molecule has 0 fully saturated rings. The van der Waals surface area contributed by atoms with Crippen LogP contribution in [0.3, 0.4) is 0 Å². The lowest BCUT2D eigenvalue weighted by Gasteiger charge is -2.19. The van der Waals surface area contributed by atoms with Crippen LogP contribution in [0.25, 0.3) is 0 Å². The Hall–Kier alpha value is -2.30. The Labute approximate surface area is 120 Å². The normalized spacial score (nSPS) is 11.2. The van der Waals surface area contributed by atoms with Gasteiger partial charge in [0, 0.05) is 12.7 Å². The minimum atomic E-state index is -4.46. The van der Waals surface area contributed by atoms with Crippen molar-refractivity contribution < 1.29 is 18.0 Å². The Bertz CT molecular complexity index is 623. The van der Waals surface area contributed by atoms with E-state index in [1.54, 1.807) is 37.4 Å². The predicted octanol–water partition coefficient (Wildman–Crippen LogP) is 3.91. The maximum atomic E-state index is 12.9. The van der Waals surface area contributed by atoms with Crippen LogP contribution in [0.2, 0.25) is 0 Å². The van der Waals surface area contributed by atoms with E-state index in [4.69, 9.17) is 0 Å². The quantitative estimate of drug-likeness (QED) is 0.840. The predicted molar refractivity (Wildman–Crippen MR) is 75.0 cm³/mol. The van der Waals surface area contributed by atoms with Gasteiger partial charge in [0.05, 0.1) is 12.0 Å². The molecule has 5 heteroatoms. The number of amides is 1. The van der Waals surface area contributed by atoms with Crippen LogP contribution in [0.5, 0.6) is 0 Å². The molecule has 2 rings (SSSR count). The first-order valence-electron chi connectivity index (χ1n) is 6.36. The number of likely N-dealkylation sites (N-methyl/N-ethyl adjacent to an activating group) is 1. The van der Waals surface area contributed by atoms with Crippen LogP contribution >= 0.6 is 0 Å². The molecule has 110 valence electrons. The number of carbonyl (C=O) groups is 1. The van der Waals surface area contributed by atoms with Gasteiger partial charge in [0.15, 0.2) is 0 Å². The molecule has 2 nitrogen and oxygen atoms in total. The molecule has 0 N–H and O–H groups in total. The zero-order valence-electron chi connectivity index (χ0n) is 11.4. The number of carbonyl (C=O) groups excluding carboxylic acids is 1. The number of para-hydroxylation sites is 1. The average molecular weight is 293 g/mol. The largest absolute Gasteiger partial charge is 0.416 e. The van der Waals surface area contributed by atoms with Crippen molar-refractivity contribution in [1.29, 1.82) is 0 Å². The molecule has 21 heavy (non-hydrogen) atoms. The molecule has 0 unspecified atom stereocenters. The van der Waals surface area contributed by atoms with Gasteiger partial charge in [-0.25, -0.2) is 0 Å². The second-order valence-corrected chi connectivity index (χ2v) is 4.62. The highest BCUT2D eigenvalue weighted by atomic mass is 19.4. The van der Waals surface area contributed by atoms with E-state index < -0.39 is 17.6 Å². The molecule has 0 bridgehead atoms. The third kappa shape index (κ3) is 3.62. The molecular formula is C16H14F3NO. The molecule has 2 aromatic carbocycles. The number of anilines is 1.